The minimum Gasteiger partial charge on any atom is -0.395 e. The second kappa shape index (κ2) is 8.86. The van der Waals surface area contributed by atoms with Crippen LogP contribution in [0.4, 0.5) is 0 Å². The number of nitrogens with one attached hydrogen (secondary N) is 1. The SMILES string of the molecule is CCCN1[C@H](CO)[C@H](c2ccc(C3=CCCCC3)cc2)[C@@H]1CNS(C)(=O)=O. The fraction of sp³-hybridized carbons (Fsp3) is 0.619. The van der Waals surface area contributed by atoms with Gasteiger partial charge in [-0.3, -0.25) is 4.90 Å². The van der Waals surface area contributed by atoms with Crippen molar-refractivity contribution in [2.45, 2.75) is 57.0 Å². The third kappa shape index (κ3) is 4.80. The predicted molar refractivity (Wildman–Crippen MR) is 110 cm³/mol. The zero-order valence-electron chi connectivity index (χ0n) is 16.4. The van der Waals surface area contributed by atoms with Crippen LogP contribution in [-0.4, -0.2) is 56.5 Å². The summed E-state index contributed by atoms with van der Waals surface area (Å²) in [7, 11) is -3.23. The van der Waals surface area contributed by atoms with Gasteiger partial charge in [0.2, 0.25) is 10.0 Å². The third-order valence-electron chi connectivity index (χ3n) is 5.86. The summed E-state index contributed by atoms with van der Waals surface area (Å²) in [6.07, 6.45) is 9.37. The van der Waals surface area contributed by atoms with Crippen LogP contribution in [0.2, 0.25) is 0 Å². The standard InChI is InChI=1S/C21H32N2O3S/c1-3-13-23-19(14-22-27(2,25)26)21(20(23)15-24)18-11-9-17(10-12-18)16-7-5-4-6-8-16/h7,9-12,19-22,24H,3-6,8,13-15H2,1-2H3/t19-,20+,21+/m0/s1. The molecule has 0 saturated carbocycles. The molecule has 27 heavy (non-hydrogen) atoms. The summed E-state index contributed by atoms with van der Waals surface area (Å²) in [4.78, 5) is 2.24. The maximum Gasteiger partial charge on any atom is 0.208 e. The number of rotatable bonds is 8. The molecule has 150 valence electrons. The van der Waals surface area contributed by atoms with Crippen molar-refractivity contribution >= 4 is 15.6 Å². The molecule has 1 aliphatic carbocycles. The van der Waals surface area contributed by atoms with E-state index in [1.807, 2.05) is 0 Å². The summed E-state index contributed by atoms with van der Waals surface area (Å²) in [5.41, 5.74) is 3.90. The second-order valence-electron chi connectivity index (χ2n) is 7.80. The molecule has 1 heterocycles. The molecule has 5 nitrogen and oxygen atoms in total. The van der Waals surface area contributed by atoms with Crippen LogP contribution in [-0.2, 0) is 10.0 Å². The normalized spacial score (nSPS) is 26.5. The number of benzene rings is 1. The van der Waals surface area contributed by atoms with Gasteiger partial charge in [0, 0.05) is 24.5 Å². The van der Waals surface area contributed by atoms with Crippen LogP contribution >= 0.6 is 0 Å². The molecule has 1 aromatic rings. The molecule has 6 heteroatoms. The van der Waals surface area contributed by atoms with E-state index >= 15 is 0 Å². The van der Waals surface area contributed by atoms with Gasteiger partial charge in [-0.25, -0.2) is 13.1 Å². The van der Waals surface area contributed by atoms with Crippen molar-refractivity contribution in [2.24, 2.45) is 0 Å². The van der Waals surface area contributed by atoms with E-state index in [0.29, 0.717) is 6.54 Å². The van der Waals surface area contributed by atoms with E-state index in [2.05, 4.69) is 46.9 Å². The molecule has 0 radical (unpaired) electrons. The average Bonchev–Trinajstić information content (AvgIpc) is 2.65. The number of aliphatic hydroxyl groups excluding tert-OH is 1. The minimum absolute atomic E-state index is 0.0519. The van der Waals surface area contributed by atoms with Gasteiger partial charge in [-0.1, -0.05) is 37.3 Å². The molecule has 1 aliphatic heterocycles. The van der Waals surface area contributed by atoms with Gasteiger partial charge in [0.1, 0.15) is 0 Å². The Morgan fingerprint density at radius 1 is 1.19 bits per heavy atom. The van der Waals surface area contributed by atoms with E-state index in [1.165, 1.54) is 35.8 Å². The first kappa shape index (κ1) is 20.5. The van der Waals surface area contributed by atoms with Crippen molar-refractivity contribution in [3.8, 4) is 0 Å². The topological polar surface area (TPSA) is 69.6 Å². The molecule has 2 N–H and O–H groups in total. The summed E-state index contributed by atoms with van der Waals surface area (Å²) in [6, 6.07) is 8.83. The third-order valence-corrected chi connectivity index (χ3v) is 6.55. The largest absolute Gasteiger partial charge is 0.395 e. The number of hydrogen-bond acceptors (Lipinski definition) is 4. The molecule has 0 spiro atoms. The summed E-state index contributed by atoms with van der Waals surface area (Å²) in [6.45, 7) is 3.44. The number of allylic oxidation sites excluding steroid dienone is 2. The summed E-state index contributed by atoms with van der Waals surface area (Å²) < 4.78 is 25.8. The highest BCUT2D eigenvalue weighted by Gasteiger charge is 2.47. The molecule has 1 fully saturated rings. The molecular formula is C21H32N2O3S. The van der Waals surface area contributed by atoms with Crippen LogP contribution in [0.1, 0.15) is 56.1 Å². The Hall–Kier alpha value is -1.21. The smallest absolute Gasteiger partial charge is 0.208 e. The van der Waals surface area contributed by atoms with Gasteiger partial charge in [0.15, 0.2) is 0 Å². The fourth-order valence-electron chi connectivity index (χ4n) is 4.57. The first-order chi connectivity index (χ1) is 12.9. The van der Waals surface area contributed by atoms with Gasteiger partial charge >= 0.3 is 0 Å². The van der Waals surface area contributed by atoms with Gasteiger partial charge in [-0.15, -0.1) is 0 Å². The van der Waals surface area contributed by atoms with Crippen LogP contribution < -0.4 is 4.72 Å². The van der Waals surface area contributed by atoms with Crippen LogP contribution in [0, 0.1) is 0 Å². The predicted octanol–water partition coefficient (Wildman–Crippen LogP) is 2.73. The molecule has 0 unspecified atom stereocenters. The molecule has 3 rings (SSSR count). The van der Waals surface area contributed by atoms with Gasteiger partial charge in [0.25, 0.3) is 0 Å². The Balaban J connectivity index is 1.79. The Bertz CT molecular complexity index is 758. The molecule has 3 atom stereocenters. The highest BCUT2D eigenvalue weighted by atomic mass is 32.2. The lowest BCUT2D eigenvalue weighted by Gasteiger charge is -2.55. The van der Waals surface area contributed by atoms with E-state index in [4.69, 9.17) is 0 Å². The lowest BCUT2D eigenvalue weighted by Crippen LogP contribution is -2.66. The summed E-state index contributed by atoms with van der Waals surface area (Å²) in [5.74, 6) is 0.144. The van der Waals surface area contributed by atoms with Crippen LogP contribution in [0.3, 0.4) is 0 Å². The van der Waals surface area contributed by atoms with E-state index < -0.39 is 10.0 Å². The Labute approximate surface area is 163 Å². The van der Waals surface area contributed by atoms with Gasteiger partial charge < -0.3 is 5.11 Å². The first-order valence-electron chi connectivity index (χ1n) is 10.0. The van der Waals surface area contributed by atoms with E-state index in [-0.39, 0.29) is 24.6 Å². The van der Waals surface area contributed by atoms with E-state index in [9.17, 15) is 13.5 Å². The lowest BCUT2D eigenvalue weighted by molar-refractivity contribution is -0.0399. The van der Waals surface area contributed by atoms with Crippen molar-refractivity contribution in [1.29, 1.82) is 0 Å². The lowest BCUT2D eigenvalue weighted by atomic mass is 9.74. The molecule has 1 saturated heterocycles. The summed E-state index contributed by atoms with van der Waals surface area (Å²) in [5, 5.41) is 9.93. The Morgan fingerprint density at radius 3 is 2.48 bits per heavy atom. The van der Waals surface area contributed by atoms with E-state index in [1.54, 1.807) is 0 Å². The molecule has 2 aliphatic rings. The molecule has 0 aromatic heterocycles. The van der Waals surface area contributed by atoms with Gasteiger partial charge in [-0.2, -0.15) is 0 Å². The quantitative estimate of drug-likeness (QED) is 0.714. The highest BCUT2D eigenvalue weighted by molar-refractivity contribution is 7.88. The Kier molecular flexibility index (Phi) is 6.74. The van der Waals surface area contributed by atoms with Crippen molar-refractivity contribution in [3.63, 3.8) is 0 Å². The van der Waals surface area contributed by atoms with E-state index in [0.717, 1.165) is 25.8 Å². The maximum atomic E-state index is 11.6. The van der Waals surface area contributed by atoms with Crippen LogP contribution in [0.15, 0.2) is 30.3 Å². The molecule has 0 amide bonds. The fourth-order valence-corrected chi connectivity index (χ4v) is 5.04. The zero-order valence-corrected chi connectivity index (χ0v) is 17.2. The van der Waals surface area contributed by atoms with Crippen LogP contribution in [0.5, 0.6) is 0 Å². The zero-order chi connectivity index (χ0) is 19.4. The number of likely N-dealkylation sites (tertiary alicyclic amines) is 1. The Morgan fingerprint density at radius 2 is 1.93 bits per heavy atom. The molecule has 1 aromatic carbocycles. The first-order valence-corrected chi connectivity index (χ1v) is 11.9. The second-order valence-corrected chi connectivity index (χ2v) is 9.63. The molecule has 0 bridgehead atoms. The maximum absolute atomic E-state index is 11.6. The average molecular weight is 393 g/mol. The number of hydrogen-bond donors (Lipinski definition) is 2. The molecular weight excluding hydrogens is 360 g/mol. The minimum atomic E-state index is -3.23. The number of sulfonamides is 1. The monoisotopic (exact) mass is 392 g/mol. The van der Waals surface area contributed by atoms with Crippen molar-refractivity contribution in [3.05, 3.63) is 41.5 Å². The van der Waals surface area contributed by atoms with Crippen LogP contribution in [0.25, 0.3) is 5.57 Å². The van der Waals surface area contributed by atoms with Crippen molar-refractivity contribution < 1.29 is 13.5 Å². The van der Waals surface area contributed by atoms with Crippen molar-refractivity contribution in [2.75, 3.05) is 26.0 Å². The highest BCUT2D eigenvalue weighted by Crippen LogP contribution is 2.41. The van der Waals surface area contributed by atoms with Gasteiger partial charge in [0.05, 0.1) is 12.9 Å². The van der Waals surface area contributed by atoms with Crippen molar-refractivity contribution in [1.82, 2.24) is 9.62 Å². The van der Waals surface area contributed by atoms with Gasteiger partial charge in [-0.05, 0) is 55.3 Å². The number of aliphatic hydroxyl groups is 1. The summed E-state index contributed by atoms with van der Waals surface area (Å²) >= 11 is 0. The number of nitrogens with zero attached hydrogens (tertiary/aromatic N) is 1.